The van der Waals surface area contributed by atoms with E-state index < -0.39 is 0 Å². The first kappa shape index (κ1) is 22.3. The summed E-state index contributed by atoms with van der Waals surface area (Å²) >= 11 is 0. The number of carbonyl (C=O) groups excluding carboxylic acids is 2. The maximum atomic E-state index is 12.3. The van der Waals surface area contributed by atoms with Gasteiger partial charge in [0, 0.05) is 44.2 Å². The summed E-state index contributed by atoms with van der Waals surface area (Å²) in [6.07, 6.45) is 4.42. The van der Waals surface area contributed by atoms with Crippen molar-refractivity contribution < 1.29 is 14.3 Å². The van der Waals surface area contributed by atoms with Crippen LogP contribution in [0.2, 0.25) is 0 Å². The average Bonchev–Trinajstić information content (AvgIpc) is 2.79. The summed E-state index contributed by atoms with van der Waals surface area (Å²) in [4.78, 5) is 26.3. The Bertz CT molecular complexity index is 951. The van der Waals surface area contributed by atoms with Crippen molar-refractivity contribution in [1.82, 2.24) is 10.2 Å². The molecule has 0 aromatic heterocycles. The van der Waals surface area contributed by atoms with Gasteiger partial charge in [0.1, 0.15) is 5.75 Å². The zero-order valence-corrected chi connectivity index (χ0v) is 18.9. The summed E-state index contributed by atoms with van der Waals surface area (Å²) in [5.74, 6) is 0.967. The fourth-order valence-electron chi connectivity index (χ4n) is 4.44. The molecule has 0 unspecified atom stereocenters. The molecule has 2 N–H and O–H groups in total. The van der Waals surface area contributed by atoms with Crippen molar-refractivity contribution >= 4 is 17.5 Å². The van der Waals surface area contributed by atoms with Crippen LogP contribution in [0.4, 0.5) is 5.69 Å². The van der Waals surface area contributed by atoms with Crippen molar-refractivity contribution in [3.63, 3.8) is 0 Å². The van der Waals surface area contributed by atoms with E-state index in [0.717, 1.165) is 55.9 Å². The van der Waals surface area contributed by atoms with Gasteiger partial charge in [-0.25, -0.2) is 0 Å². The Kier molecular flexibility index (Phi) is 7.43. The summed E-state index contributed by atoms with van der Waals surface area (Å²) < 4.78 is 5.82. The van der Waals surface area contributed by atoms with E-state index in [0.29, 0.717) is 25.9 Å². The minimum atomic E-state index is 0.0640. The second-order valence-electron chi connectivity index (χ2n) is 8.86. The lowest BCUT2D eigenvalue weighted by Crippen LogP contribution is -2.44. The highest BCUT2D eigenvalue weighted by Gasteiger charge is 2.21. The van der Waals surface area contributed by atoms with E-state index in [9.17, 15) is 9.59 Å². The predicted octanol–water partition coefficient (Wildman–Crippen LogP) is 3.82. The van der Waals surface area contributed by atoms with Crippen molar-refractivity contribution in [3.05, 3.63) is 59.2 Å². The third-order valence-electron chi connectivity index (χ3n) is 6.40. The highest BCUT2D eigenvalue weighted by molar-refractivity contribution is 5.94. The standard InChI is InChI=1S/C26H33N3O3/c1-19-5-2-3-6-21(19)18-29-14-12-22(13-15-29)27-25(30)7-4-16-32-23-9-10-24-20(17-23)8-11-26(31)28-24/h2-3,5-6,9-10,17,22H,4,7-8,11-16,18H2,1H3,(H,27,30)(H,28,31). The smallest absolute Gasteiger partial charge is 0.224 e. The second-order valence-corrected chi connectivity index (χ2v) is 8.86. The first-order valence-electron chi connectivity index (χ1n) is 11.7. The van der Waals surface area contributed by atoms with Gasteiger partial charge in [0.05, 0.1) is 6.61 Å². The molecule has 2 heterocycles. The van der Waals surface area contributed by atoms with E-state index in [1.54, 1.807) is 0 Å². The topological polar surface area (TPSA) is 70.7 Å². The maximum absolute atomic E-state index is 12.3. The number of rotatable bonds is 8. The fraction of sp³-hybridized carbons (Fsp3) is 0.462. The van der Waals surface area contributed by atoms with Gasteiger partial charge >= 0.3 is 0 Å². The molecule has 1 fully saturated rings. The number of hydrogen-bond donors (Lipinski definition) is 2. The van der Waals surface area contributed by atoms with E-state index in [2.05, 4.69) is 46.7 Å². The molecule has 0 bridgehead atoms. The minimum absolute atomic E-state index is 0.0640. The molecule has 0 radical (unpaired) electrons. The molecule has 2 aliphatic heterocycles. The number of anilines is 1. The lowest BCUT2D eigenvalue weighted by atomic mass is 10.0. The number of piperidine rings is 1. The molecule has 170 valence electrons. The number of ether oxygens (including phenoxy) is 1. The Labute approximate surface area is 190 Å². The van der Waals surface area contributed by atoms with Crippen LogP contribution in [-0.2, 0) is 22.6 Å². The van der Waals surface area contributed by atoms with Gasteiger partial charge in [0.2, 0.25) is 11.8 Å². The summed E-state index contributed by atoms with van der Waals surface area (Å²) in [6, 6.07) is 14.6. The lowest BCUT2D eigenvalue weighted by Gasteiger charge is -2.32. The van der Waals surface area contributed by atoms with E-state index in [4.69, 9.17) is 4.74 Å². The molecular formula is C26H33N3O3. The molecule has 4 rings (SSSR count). The van der Waals surface area contributed by atoms with Gasteiger partial charge in [-0.3, -0.25) is 14.5 Å². The number of likely N-dealkylation sites (tertiary alicyclic amines) is 1. The number of amides is 2. The van der Waals surface area contributed by atoms with Crippen LogP contribution in [0, 0.1) is 6.92 Å². The number of nitrogens with one attached hydrogen (secondary N) is 2. The molecule has 0 aliphatic carbocycles. The molecule has 6 heteroatoms. The Morgan fingerprint density at radius 1 is 1.16 bits per heavy atom. The molecule has 0 spiro atoms. The summed E-state index contributed by atoms with van der Waals surface area (Å²) in [7, 11) is 0. The normalized spacial score (nSPS) is 16.8. The second kappa shape index (κ2) is 10.6. The van der Waals surface area contributed by atoms with E-state index in [1.165, 1.54) is 11.1 Å². The number of aryl methyl sites for hydroxylation is 2. The predicted molar refractivity (Wildman–Crippen MR) is 126 cm³/mol. The van der Waals surface area contributed by atoms with Gasteiger partial charge in [-0.2, -0.15) is 0 Å². The lowest BCUT2D eigenvalue weighted by molar-refractivity contribution is -0.122. The summed E-state index contributed by atoms with van der Waals surface area (Å²) in [5.41, 5.74) is 4.71. The van der Waals surface area contributed by atoms with Gasteiger partial charge in [0.15, 0.2) is 0 Å². The summed E-state index contributed by atoms with van der Waals surface area (Å²) in [5, 5.41) is 6.07. The van der Waals surface area contributed by atoms with E-state index >= 15 is 0 Å². The third kappa shape index (κ3) is 6.10. The number of hydrogen-bond acceptors (Lipinski definition) is 4. The van der Waals surface area contributed by atoms with E-state index in [-0.39, 0.29) is 17.9 Å². The van der Waals surface area contributed by atoms with Crippen molar-refractivity contribution in [1.29, 1.82) is 0 Å². The van der Waals surface area contributed by atoms with Crippen molar-refractivity contribution in [2.24, 2.45) is 0 Å². The van der Waals surface area contributed by atoms with Crippen molar-refractivity contribution in [2.45, 2.75) is 58.0 Å². The summed E-state index contributed by atoms with van der Waals surface area (Å²) in [6.45, 7) is 5.69. The molecule has 32 heavy (non-hydrogen) atoms. The van der Waals surface area contributed by atoms with Crippen LogP contribution < -0.4 is 15.4 Å². The van der Waals surface area contributed by atoms with Gasteiger partial charge in [0.25, 0.3) is 0 Å². The molecule has 2 aliphatic rings. The molecule has 1 saturated heterocycles. The van der Waals surface area contributed by atoms with E-state index in [1.807, 2.05) is 18.2 Å². The van der Waals surface area contributed by atoms with Gasteiger partial charge in [-0.15, -0.1) is 0 Å². The monoisotopic (exact) mass is 435 g/mol. The number of fused-ring (bicyclic) bond motifs is 1. The van der Waals surface area contributed by atoms with Crippen LogP contribution >= 0.6 is 0 Å². The highest BCUT2D eigenvalue weighted by atomic mass is 16.5. The van der Waals surface area contributed by atoms with Gasteiger partial charge in [-0.1, -0.05) is 24.3 Å². The Hall–Kier alpha value is -2.86. The first-order chi connectivity index (χ1) is 15.6. The molecule has 2 aromatic rings. The SMILES string of the molecule is Cc1ccccc1CN1CCC(NC(=O)CCCOc2ccc3c(c2)CCC(=O)N3)CC1. The van der Waals surface area contributed by atoms with Gasteiger partial charge in [-0.05, 0) is 67.5 Å². The van der Waals surface area contributed by atoms with Crippen LogP contribution in [0.3, 0.4) is 0 Å². The Morgan fingerprint density at radius 3 is 2.78 bits per heavy atom. The quantitative estimate of drug-likeness (QED) is 0.619. The van der Waals surface area contributed by atoms with Crippen LogP contribution in [0.25, 0.3) is 0 Å². The number of nitrogens with zero attached hydrogens (tertiary/aromatic N) is 1. The van der Waals surface area contributed by atoms with Gasteiger partial charge < -0.3 is 15.4 Å². The molecule has 0 atom stereocenters. The third-order valence-corrected chi connectivity index (χ3v) is 6.40. The molecular weight excluding hydrogens is 402 g/mol. The highest BCUT2D eigenvalue weighted by Crippen LogP contribution is 2.27. The molecule has 2 amide bonds. The molecule has 2 aromatic carbocycles. The van der Waals surface area contributed by atoms with Crippen molar-refractivity contribution in [2.75, 3.05) is 25.0 Å². The fourth-order valence-corrected chi connectivity index (χ4v) is 4.44. The van der Waals surface area contributed by atoms with Crippen LogP contribution in [-0.4, -0.2) is 42.5 Å². The first-order valence-corrected chi connectivity index (χ1v) is 11.7. The largest absolute Gasteiger partial charge is 0.494 e. The molecule has 6 nitrogen and oxygen atoms in total. The number of benzene rings is 2. The number of carbonyl (C=O) groups is 2. The van der Waals surface area contributed by atoms with Crippen LogP contribution in [0.15, 0.2) is 42.5 Å². The zero-order chi connectivity index (χ0) is 22.3. The Morgan fingerprint density at radius 2 is 1.97 bits per heavy atom. The zero-order valence-electron chi connectivity index (χ0n) is 18.9. The minimum Gasteiger partial charge on any atom is -0.494 e. The average molecular weight is 436 g/mol. The molecule has 0 saturated carbocycles. The van der Waals surface area contributed by atoms with Crippen LogP contribution in [0.1, 0.15) is 48.8 Å². The van der Waals surface area contributed by atoms with Crippen LogP contribution in [0.5, 0.6) is 5.75 Å². The maximum Gasteiger partial charge on any atom is 0.224 e. The van der Waals surface area contributed by atoms with Crippen molar-refractivity contribution in [3.8, 4) is 5.75 Å². The Balaban J connectivity index is 1.12.